The van der Waals surface area contributed by atoms with Crippen molar-refractivity contribution < 1.29 is 0 Å². The van der Waals surface area contributed by atoms with Gasteiger partial charge in [0.1, 0.15) is 5.82 Å². The SMILES string of the molecule is C1=CCCC(c2nc(-c3ccc(-c4ccnc5c4ccc4cccnc45)cc3)nc(C3C=CC(C4CC=Nc5c4ccc4cccnc54)=CC3)n2)=C1. The summed E-state index contributed by atoms with van der Waals surface area (Å²) in [4.78, 5) is 34.0. The third-order valence-corrected chi connectivity index (χ3v) is 10.5. The van der Waals surface area contributed by atoms with E-state index in [1.54, 1.807) is 0 Å². The van der Waals surface area contributed by atoms with Gasteiger partial charge >= 0.3 is 0 Å². The number of aliphatic imine (C=N–C) groups is 1. The molecule has 1 aliphatic heterocycles. The number of aromatic nitrogens is 6. The van der Waals surface area contributed by atoms with Gasteiger partial charge in [0.05, 0.1) is 22.2 Å². The van der Waals surface area contributed by atoms with Gasteiger partial charge in [-0.05, 0) is 71.7 Å². The Morgan fingerprint density at radius 1 is 0.654 bits per heavy atom. The predicted molar refractivity (Wildman–Crippen MR) is 209 cm³/mol. The molecule has 0 fully saturated rings. The lowest BCUT2D eigenvalue weighted by Crippen LogP contribution is -2.13. The molecule has 7 heteroatoms. The highest BCUT2D eigenvalue weighted by atomic mass is 15.0. The second-order valence-corrected chi connectivity index (χ2v) is 13.6. The van der Waals surface area contributed by atoms with Crippen molar-refractivity contribution in [3.63, 3.8) is 0 Å². The van der Waals surface area contributed by atoms with Gasteiger partial charge in [-0.15, -0.1) is 0 Å². The summed E-state index contributed by atoms with van der Waals surface area (Å²) >= 11 is 0. The fourth-order valence-electron chi connectivity index (χ4n) is 7.77. The Morgan fingerprint density at radius 3 is 2.27 bits per heavy atom. The van der Waals surface area contributed by atoms with Crippen LogP contribution in [0.15, 0.2) is 144 Å². The van der Waals surface area contributed by atoms with Gasteiger partial charge in [0.2, 0.25) is 0 Å². The quantitative estimate of drug-likeness (QED) is 0.169. The van der Waals surface area contributed by atoms with E-state index < -0.39 is 0 Å². The topological polar surface area (TPSA) is 89.7 Å². The van der Waals surface area contributed by atoms with Crippen molar-refractivity contribution in [3.8, 4) is 22.5 Å². The van der Waals surface area contributed by atoms with Gasteiger partial charge in [-0.2, -0.15) is 0 Å². The number of nitrogens with zero attached hydrogens (tertiary/aromatic N) is 7. The normalized spacial score (nSPS) is 18.1. The van der Waals surface area contributed by atoms with Crippen molar-refractivity contribution in [1.82, 2.24) is 29.9 Å². The lowest BCUT2D eigenvalue weighted by atomic mass is 9.81. The standard InChI is InChI=1S/C45H33N7/c1-2-6-32(7-3-1)43-50-44(33-14-10-28(11-15-33)35-22-26-48-41-37(35)20-18-30-8-4-24-46-39(30)41)52-45(51-43)34-16-12-29(13-17-34)36-23-27-49-42-38(36)21-19-31-9-5-25-47-40(31)42/h1-2,4-6,8-16,18-22,24-27,34,36H,3,7,17,23H2. The van der Waals surface area contributed by atoms with Crippen LogP contribution >= 0.6 is 0 Å². The number of hydrogen-bond acceptors (Lipinski definition) is 7. The second-order valence-electron chi connectivity index (χ2n) is 13.6. The number of fused-ring (bicyclic) bond motifs is 6. The van der Waals surface area contributed by atoms with Crippen molar-refractivity contribution in [2.75, 3.05) is 0 Å². The molecule has 0 bridgehead atoms. The Balaban J connectivity index is 0.976. The summed E-state index contributed by atoms with van der Waals surface area (Å²) in [6.07, 6.45) is 24.5. The van der Waals surface area contributed by atoms with Crippen LogP contribution in [0.3, 0.4) is 0 Å². The molecule has 248 valence electrons. The van der Waals surface area contributed by atoms with Crippen LogP contribution in [0.25, 0.3) is 60.8 Å². The minimum Gasteiger partial charge on any atom is -0.259 e. The van der Waals surface area contributed by atoms with Crippen molar-refractivity contribution in [2.24, 2.45) is 4.99 Å². The van der Waals surface area contributed by atoms with Crippen LogP contribution in [-0.2, 0) is 0 Å². The molecule has 2 unspecified atom stereocenters. The molecule has 7 aromatic rings. The third-order valence-electron chi connectivity index (χ3n) is 10.5. The number of pyridine rings is 3. The summed E-state index contributed by atoms with van der Waals surface area (Å²) in [7, 11) is 0. The van der Waals surface area contributed by atoms with E-state index >= 15 is 0 Å². The maximum atomic E-state index is 5.12. The van der Waals surface area contributed by atoms with Crippen LogP contribution in [0.2, 0.25) is 0 Å². The maximum absolute atomic E-state index is 5.12. The van der Waals surface area contributed by atoms with E-state index in [0.29, 0.717) is 5.82 Å². The zero-order valence-electron chi connectivity index (χ0n) is 28.4. The Hall–Kier alpha value is -6.47. The van der Waals surface area contributed by atoms with Gasteiger partial charge in [0.25, 0.3) is 0 Å². The highest BCUT2D eigenvalue weighted by Crippen LogP contribution is 2.43. The van der Waals surface area contributed by atoms with E-state index in [1.165, 1.54) is 11.1 Å². The second kappa shape index (κ2) is 12.7. The van der Waals surface area contributed by atoms with Crippen LogP contribution in [0.1, 0.15) is 54.7 Å². The van der Waals surface area contributed by atoms with Gasteiger partial charge in [-0.3, -0.25) is 19.9 Å². The van der Waals surface area contributed by atoms with Crippen LogP contribution in [0.4, 0.5) is 5.69 Å². The van der Waals surface area contributed by atoms with E-state index in [1.807, 2.05) is 36.9 Å². The predicted octanol–water partition coefficient (Wildman–Crippen LogP) is 10.4. The van der Waals surface area contributed by atoms with Crippen molar-refractivity contribution >= 4 is 50.2 Å². The minimum absolute atomic E-state index is 0.0462. The minimum atomic E-state index is 0.0462. The summed E-state index contributed by atoms with van der Waals surface area (Å²) in [6.45, 7) is 0. The van der Waals surface area contributed by atoms with Gasteiger partial charge in [0.15, 0.2) is 11.6 Å². The zero-order chi connectivity index (χ0) is 34.4. The highest BCUT2D eigenvalue weighted by molar-refractivity contribution is 6.08. The molecular weight excluding hydrogens is 639 g/mol. The first kappa shape index (κ1) is 30.4. The molecular formula is C45H33N7. The number of benzene rings is 3. The van der Waals surface area contributed by atoms with Crippen molar-refractivity contribution in [3.05, 3.63) is 157 Å². The molecule has 2 atom stereocenters. The first-order valence-corrected chi connectivity index (χ1v) is 17.9. The maximum Gasteiger partial charge on any atom is 0.163 e. The van der Waals surface area contributed by atoms with Crippen LogP contribution in [-0.4, -0.2) is 36.1 Å². The van der Waals surface area contributed by atoms with E-state index in [4.69, 9.17) is 24.9 Å². The molecule has 0 N–H and O–H groups in total. The first-order chi connectivity index (χ1) is 25.8. The molecule has 0 saturated heterocycles. The summed E-state index contributed by atoms with van der Waals surface area (Å²) in [5, 5.41) is 3.28. The molecule has 52 heavy (non-hydrogen) atoms. The molecule has 10 rings (SSSR count). The molecule has 7 nitrogen and oxygen atoms in total. The number of hydrogen-bond donors (Lipinski definition) is 0. The lowest BCUT2D eigenvalue weighted by molar-refractivity contribution is 0.734. The Kier molecular flexibility index (Phi) is 7.41. The molecule has 4 aromatic heterocycles. The smallest absolute Gasteiger partial charge is 0.163 e. The average Bonchev–Trinajstić information content (AvgIpc) is 3.23. The largest absolute Gasteiger partial charge is 0.259 e. The van der Waals surface area contributed by atoms with Gasteiger partial charge in [-0.25, -0.2) is 15.0 Å². The summed E-state index contributed by atoms with van der Waals surface area (Å²) in [5.41, 5.74) is 10.6. The van der Waals surface area contributed by atoms with Crippen molar-refractivity contribution in [2.45, 2.75) is 37.5 Å². The highest BCUT2D eigenvalue weighted by Gasteiger charge is 2.26. The summed E-state index contributed by atoms with van der Waals surface area (Å²) in [6, 6.07) is 27.4. The van der Waals surface area contributed by atoms with Crippen molar-refractivity contribution in [1.29, 1.82) is 0 Å². The number of rotatable bonds is 5. The average molecular weight is 672 g/mol. The van der Waals surface area contributed by atoms with Gasteiger partial charge in [0, 0.05) is 58.4 Å². The molecule has 0 radical (unpaired) electrons. The zero-order valence-corrected chi connectivity index (χ0v) is 28.4. The Morgan fingerprint density at radius 2 is 1.44 bits per heavy atom. The molecule has 3 aromatic carbocycles. The molecule has 3 aliphatic rings. The fraction of sp³-hybridized carbons (Fsp3) is 0.133. The van der Waals surface area contributed by atoms with E-state index in [-0.39, 0.29) is 11.8 Å². The monoisotopic (exact) mass is 671 g/mol. The third kappa shape index (κ3) is 5.33. The summed E-state index contributed by atoms with van der Waals surface area (Å²) < 4.78 is 0. The summed E-state index contributed by atoms with van der Waals surface area (Å²) in [5.74, 6) is 2.53. The Labute approximate surface area is 301 Å². The lowest BCUT2D eigenvalue weighted by Gasteiger charge is -2.26. The van der Waals surface area contributed by atoms with Crippen LogP contribution < -0.4 is 0 Å². The van der Waals surface area contributed by atoms with E-state index in [2.05, 4.69) is 113 Å². The van der Waals surface area contributed by atoms with Crippen LogP contribution in [0.5, 0.6) is 0 Å². The number of allylic oxidation sites excluding steroid dienone is 8. The molecule has 2 aliphatic carbocycles. The Bertz CT molecular complexity index is 2700. The first-order valence-electron chi connectivity index (χ1n) is 17.9. The van der Waals surface area contributed by atoms with E-state index in [0.717, 1.165) is 98.0 Å². The molecule has 5 heterocycles. The van der Waals surface area contributed by atoms with Crippen LogP contribution in [0, 0.1) is 0 Å². The van der Waals surface area contributed by atoms with Gasteiger partial charge in [-0.1, -0.05) is 97.1 Å². The van der Waals surface area contributed by atoms with E-state index in [9.17, 15) is 0 Å². The molecule has 0 saturated carbocycles. The van der Waals surface area contributed by atoms with Gasteiger partial charge < -0.3 is 0 Å². The molecule has 0 spiro atoms. The molecule has 0 amide bonds. The fourth-order valence-corrected chi connectivity index (χ4v) is 7.77.